The molecule has 1 aromatic heterocycles. The number of thioether (sulfide) groups is 1. The van der Waals surface area contributed by atoms with E-state index >= 15 is 0 Å². The number of hydrogen-bond donors (Lipinski definition) is 0. The van der Waals surface area contributed by atoms with Crippen LogP contribution in [0.2, 0.25) is 0 Å². The quantitative estimate of drug-likeness (QED) is 0.537. The number of amides is 1. The number of esters is 1. The zero-order valence-electron chi connectivity index (χ0n) is 16.6. The lowest BCUT2D eigenvalue weighted by molar-refractivity contribution is -0.149. The van der Waals surface area contributed by atoms with Crippen molar-refractivity contribution in [2.75, 3.05) is 19.7 Å². The Bertz CT molecular complexity index is 821. The minimum atomic E-state index is -0.148. The smallest absolute Gasteiger partial charge is 0.309 e. The van der Waals surface area contributed by atoms with Crippen LogP contribution in [0.25, 0.3) is 0 Å². The summed E-state index contributed by atoms with van der Waals surface area (Å²) in [7, 11) is 0. The van der Waals surface area contributed by atoms with E-state index in [2.05, 4.69) is 5.16 Å². The number of rotatable bonds is 6. The predicted octanol–water partition coefficient (Wildman–Crippen LogP) is 4.00. The number of carbonyl (C=O) groups excluding carboxylic acids is 2. The van der Waals surface area contributed by atoms with Crippen molar-refractivity contribution in [1.29, 1.82) is 0 Å². The molecular weight excluding hydrogens is 376 g/mol. The zero-order valence-corrected chi connectivity index (χ0v) is 17.4. The number of benzene rings is 1. The van der Waals surface area contributed by atoms with Crippen LogP contribution in [0, 0.1) is 19.8 Å². The second-order valence-corrected chi connectivity index (χ2v) is 7.92. The predicted molar refractivity (Wildman–Crippen MR) is 107 cm³/mol. The normalized spacial score (nSPS) is 14.9. The van der Waals surface area contributed by atoms with Gasteiger partial charge in [0.1, 0.15) is 5.76 Å². The van der Waals surface area contributed by atoms with Crippen molar-refractivity contribution >= 4 is 23.6 Å². The number of carbonyl (C=O) groups is 2. The Hall–Kier alpha value is -2.28. The fraction of sp³-hybridized carbons (Fsp3) is 0.476. The number of aryl methyl sites for hydroxylation is 2. The largest absolute Gasteiger partial charge is 0.466 e. The van der Waals surface area contributed by atoms with Gasteiger partial charge in [0.25, 0.3) is 5.91 Å². The van der Waals surface area contributed by atoms with Crippen LogP contribution in [0.5, 0.6) is 0 Å². The van der Waals surface area contributed by atoms with E-state index in [0.29, 0.717) is 43.9 Å². The zero-order chi connectivity index (χ0) is 20.1. The molecule has 0 N–H and O–H groups in total. The average molecular weight is 403 g/mol. The summed E-state index contributed by atoms with van der Waals surface area (Å²) in [4.78, 5) is 27.8. The van der Waals surface area contributed by atoms with Crippen molar-refractivity contribution in [3.63, 3.8) is 0 Å². The molecule has 28 heavy (non-hydrogen) atoms. The first-order chi connectivity index (χ1) is 13.5. The average Bonchev–Trinajstić information content (AvgIpc) is 3.04. The monoisotopic (exact) mass is 402 g/mol. The fourth-order valence-corrected chi connectivity index (χ4v) is 4.57. The molecule has 0 aliphatic carbocycles. The van der Waals surface area contributed by atoms with E-state index in [-0.39, 0.29) is 17.8 Å². The molecule has 0 radical (unpaired) electrons. The second kappa shape index (κ2) is 9.28. The molecule has 0 atom stereocenters. The molecule has 0 spiro atoms. The van der Waals surface area contributed by atoms with E-state index < -0.39 is 0 Å². The molecule has 1 fully saturated rings. The topological polar surface area (TPSA) is 72.6 Å². The lowest BCUT2D eigenvalue weighted by Crippen LogP contribution is -2.40. The van der Waals surface area contributed by atoms with Gasteiger partial charge in [0.2, 0.25) is 0 Å². The van der Waals surface area contributed by atoms with Crippen LogP contribution < -0.4 is 0 Å². The van der Waals surface area contributed by atoms with Crippen LogP contribution in [0.1, 0.15) is 47.1 Å². The standard InChI is InChI=1S/C21H26N2O4S/c1-4-26-21(25)16-9-11-23(12-10-16)20(24)17-7-5-6-8-19(17)28-13-18-14(2)22-27-15(18)3/h5-8,16H,4,9-13H2,1-3H3. The maximum atomic E-state index is 13.1. The molecule has 2 aromatic rings. The van der Waals surface area contributed by atoms with Crippen molar-refractivity contribution in [2.24, 2.45) is 5.92 Å². The second-order valence-electron chi connectivity index (χ2n) is 6.91. The lowest BCUT2D eigenvalue weighted by Gasteiger charge is -2.31. The molecule has 1 aliphatic heterocycles. The number of aromatic nitrogens is 1. The highest BCUT2D eigenvalue weighted by Crippen LogP contribution is 2.30. The van der Waals surface area contributed by atoms with Gasteiger partial charge in [0.15, 0.2) is 0 Å². The molecular formula is C21H26N2O4S. The molecule has 1 aliphatic rings. The summed E-state index contributed by atoms with van der Waals surface area (Å²) >= 11 is 1.62. The Labute approximate surface area is 169 Å². The minimum absolute atomic E-state index is 0.0178. The van der Waals surface area contributed by atoms with E-state index in [9.17, 15) is 9.59 Å². The molecule has 0 saturated carbocycles. The number of nitrogens with zero attached hydrogens (tertiary/aromatic N) is 2. The molecule has 6 nitrogen and oxygen atoms in total. The Balaban J connectivity index is 1.66. The van der Waals surface area contributed by atoms with Crippen LogP contribution in [0.15, 0.2) is 33.7 Å². The van der Waals surface area contributed by atoms with E-state index in [0.717, 1.165) is 21.9 Å². The van der Waals surface area contributed by atoms with Crippen molar-refractivity contribution < 1.29 is 18.8 Å². The fourth-order valence-electron chi connectivity index (χ4n) is 3.38. The molecule has 2 heterocycles. The van der Waals surface area contributed by atoms with Gasteiger partial charge in [0, 0.05) is 29.3 Å². The van der Waals surface area contributed by atoms with Gasteiger partial charge in [0.05, 0.1) is 23.8 Å². The summed E-state index contributed by atoms with van der Waals surface area (Å²) in [5.74, 6) is 1.29. The van der Waals surface area contributed by atoms with Crippen molar-refractivity contribution in [1.82, 2.24) is 10.1 Å². The number of piperidine rings is 1. The number of ether oxygens (including phenoxy) is 1. The maximum Gasteiger partial charge on any atom is 0.309 e. The van der Waals surface area contributed by atoms with Gasteiger partial charge in [-0.25, -0.2) is 0 Å². The third kappa shape index (κ3) is 4.58. The summed E-state index contributed by atoms with van der Waals surface area (Å²) in [6.07, 6.45) is 1.30. The maximum absolute atomic E-state index is 13.1. The van der Waals surface area contributed by atoms with Crippen molar-refractivity contribution in [3.05, 3.63) is 46.8 Å². The van der Waals surface area contributed by atoms with Gasteiger partial charge in [-0.1, -0.05) is 17.3 Å². The molecule has 7 heteroatoms. The van der Waals surface area contributed by atoms with E-state index in [1.165, 1.54) is 0 Å². The van der Waals surface area contributed by atoms with Crippen molar-refractivity contribution in [3.8, 4) is 0 Å². The van der Waals surface area contributed by atoms with Crippen LogP contribution >= 0.6 is 11.8 Å². The Kier molecular flexibility index (Phi) is 6.78. The summed E-state index contributed by atoms with van der Waals surface area (Å²) in [6.45, 7) is 7.19. The number of hydrogen-bond acceptors (Lipinski definition) is 6. The highest BCUT2D eigenvalue weighted by Gasteiger charge is 2.29. The molecule has 3 rings (SSSR count). The third-order valence-electron chi connectivity index (χ3n) is 5.07. The highest BCUT2D eigenvalue weighted by molar-refractivity contribution is 7.98. The van der Waals surface area contributed by atoms with Gasteiger partial charge in [-0.15, -0.1) is 11.8 Å². The van der Waals surface area contributed by atoms with E-state index in [4.69, 9.17) is 9.26 Å². The first kappa shape index (κ1) is 20.5. The summed E-state index contributed by atoms with van der Waals surface area (Å²) in [6, 6.07) is 7.68. The van der Waals surface area contributed by atoms with Gasteiger partial charge in [-0.2, -0.15) is 0 Å². The van der Waals surface area contributed by atoms with E-state index in [1.807, 2.05) is 49.9 Å². The van der Waals surface area contributed by atoms with Gasteiger partial charge >= 0.3 is 5.97 Å². The highest BCUT2D eigenvalue weighted by atomic mass is 32.2. The van der Waals surface area contributed by atoms with Crippen LogP contribution in [0.4, 0.5) is 0 Å². The van der Waals surface area contributed by atoms with E-state index in [1.54, 1.807) is 11.8 Å². The minimum Gasteiger partial charge on any atom is -0.466 e. The third-order valence-corrected chi connectivity index (χ3v) is 6.17. The Morgan fingerprint density at radius 2 is 1.96 bits per heavy atom. The van der Waals surface area contributed by atoms with Gasteiger partial charge in [-0.3, -0.25) is 9.59 Å². The van der Waals surface area contributed by atoms with Crippen molar-refractivity contribution in [2.45, 2.75) is 44.3 Å². The van der Waals surface area contributed by atoms with Gasteiger partial charge in [-0.05, 0) is 45.7 Å². The molecule has 1 saturated heterocycles. The molecule has 1 amide bonds. The molecule has 150 valence electrons. The first-order valence-electron chi connectivity index (χ1n) is 9.60. The van der Waals surface area contributed by atoms with Crippen LogP contribution in [0.3, 0.4) is 0 Å². The lowest BCUT2D eigenvalue weighted by atomic mass is 9.96. The number of likely N-dealkylation sites (tertiary alicyclic amines) is 1. The summed E-state index contributed by atoms with van der Waals surface area (Å²) < 4.78 is 10.3. The molecule has 0 unspecified atom stereocenters. The Morgan fingerprint density at radius 1 is 1.25 bits per heavy atom. The SMILES string of the molecule is CCOC(=O)C1CCN(C(=O)c2ccccc2SCc2c(C)noc2C)CC1. The van der Waals surface area contributed by atoms with Gasteiger partial charge < -0.3 is 14.2 Å². The summed E-state index contributed by atoms with van der Waals surface area (Å²) in [5.41, 5.74) is 2.66. The Morgan fingerprint density at radius 3 is 2.61 bits per heavy atom. The van der Waals surface area contributed by atoms with Crippen LogP contribution in [-0.4, -0.2) is 41.6 Å². The summed E-state index contributed by atoms with van der Waals surface area (Å²) in [5, 5.41) is 3.99. The molecule has 1 aromatic carbocycles. The first-order valence-corrected chi connectivity index (χ1v) is 10.6. The van der Waals surface area contributed by atoms with Crippen LogP contribution in [-0.2, 0) is 15.3 Å². The molecule has 0 bridgehead atoms.